The van der Waals surface area contributed by atoms with Gasteiger partial charge < -0.3 is 0 Å². The Balaban J connectivity index is 2.27. The molecule has 0 aromatic carbocycles. The molecule has 0 aliphatic carbocycles. The fourth-order valence-electron chi connectivity index (χ4n) is 2.23. The number of hydrogen-bond donors (Lipinski definition) is 0. The zero-order chi connectivity index (χ0) is 14.8. The minimum absolute atomic E-state index is 0.00187. The third-order valence-electron chi connectivity index (χ3n) is 3.11. The molecular weight excluding hydrogens is 288 g/mol. The number of ketones is 1. The van der Waals surface area contributed by atoms with E-state index in [0.29, 0.717) is 28.5 Å². The van der Waals surface area contributed by atoms with E-state index in [1.54, 1.807) is 35.2 Å². The molecule has 21 heavy (non-hydrogen) atoms. The largest absolute Gasteiger partial charge is 0.292 e. The van der Waals surface area contributed by atoms with Crippen molar-refractivity contribution < 1.29 is 4.79 Å². The van der Waals surface area contributed by atoms with Crippen LogP contribution in [0, 0.1) is 0 Å². The van der Waals surface area contributed by atoms with Gasteiger partial charge in [0, 0.05) is 30.6 Å². The van der Waals surface area contributed by atoms with E-state index in [0.717, 1.165) is 12.0 Å². The summed E-state index contributed by atoms with van der Waals surface area (Å²) in [5, 5.41) is 4.79. The molecule has 0 unspecified atom stereocenters. The number of halogens is 1. The van der Waals surface area contributed by atoms with E-state index in [2.05, 4.69) is 15.1 Å². The van der Waals surface area contributed by atoms with E-state index in [9.17, 15) is 4.79 Å². The first kappa shape index (κ1) is 13.7. The topological polar surface area (TPSA) is 60.2 Å². The highest BCUT2D eigenvalue weighted by atomic mass is 35.5. The lowest BCUT2D eigenvalue weighted by Gasteiger charge is -2.03. The van der Waals surface area contributed by atoms with Crippen LogP contribution in [0.4, 0.5) is 0 Å². The van der Waals surface area contributed by atoms with Gasteiger partial charge in [0.15, 0.2) is 11.4 Å². The molecule has 3 rings (SSSR count). The van der Waals surface area contributed by atoms with Gasteiger partial charge in [0.05, 0.1) is 5.02 Å². The van der Waals surface area contributed by atoms with Gasteiger partial charge in [-0.05, 0) is 24.6 Å². The molecule has 5 nitrogen and oxygen atoms in total. The number of hydrogen-bond acceptors (Lipinski definition) is 4. The monoisotopic (exact) mass is 300 g/mol. The molecule has 0 radical (unpaired) electrons. The lowest BCUT2D eigenvalue weighted by Crippen LogP contribution is -2.02. The van der Waals surface area contributed by atoms with E-state index in [1.807, 2.05) is 13.0 Å². The predicted octanol–water partition coefficient (Wildman–Crippen LogP) is 3.43. The summed E-state index contributed by atoms with van der Waals surface area (Å²) in [6.07, 6.45) is 6.09. The van der Waals surface area contributed by atoms with Crippen LogP contribution in [0.2, 0.25) is 5.02 Å². The van der Waals surface area contributed by atoms with Crippen LogP contribution in [0.25, 0.3) is 16.9 Å². The second-order valence-electron chi connectivity index (χ2n) is 4.67. The maximum Gasteiger partial charge on any atom is 0.183 e. The van der Waals surface area contributed by atoms with E-state index in [-0.39, 0.29) is 5.78 Å². The molecule has 106 valence electrons. The van der Waals surface area contributed by atoms with E-state index in [4.69, 9.17) is 11.6 Å². The Morgan fingerprint density at radius 2 is 2.24 bits per heavy atom. The number of rotatable bonds is 4. The van der Waals surface area contributed by atoms with Crippen LogP contribution in [0.15, 0.2) is 36.8 Å². The fraction of sp³-hybridized carbons (Fsp3) is 0.200. The summed E-state index contributed by atoms with van der Waals surface area (Å²) in [7, 11) is 0. The quantitative estimate of drug-likeness (QED) is 0.693. The van der Waals surface area contributed by atoms with Crippen LogP contribution in [-0.4, -0.2) is 25.4 Å². The van der Waals surface area contributed by atoms with Crippen molar-refractivity contribution in [3.63, 3.8) is 0 Å². The number of fused-ring (bicyclic) bond motifs is 1. The number of pyridine rings is 1. The third-order valence-corrected chi connectivity index (χ3v) is 3.32. The van der Waals surface area contributed by atoms with Crippen LogP contribution in [0.3, 0.4) is 0 Å². The zero-order valence-corrected chi connectivity index (χ0v) is 12.2. The molecule has 0 saturated carbocycles. The molecule has 3 aromatic heterocycles. The van der Waals surface area contributed by atoms with Crippen LogP contribution >= 0.6 is 11.6 Å². The first-order valence-electron chi connectivity index (χ1n) is 6.68. The van der Waals surface area contributed by atoms with Crippen molar-refractivity contribution in [1.29, 1.82) is 0 Å². The molecule has 0 spiro atoms. The van der Waals surface area contributed by atoms with Crippen molar-refractivity contribution in [2.75, 3.05) is 0 Å². The number of aromatic nitrogens is 4. The molecule has 0 amide bonds. The Kier molecular flexibility index (Phi) is 3.66. The smallest absolute Gasteiger partial charge is 0.183 e. The average molecular weight is 301 g/mol. The van der Waals surface area contributed by atoms with Gasteiger partial charge in [-0.3, -0.25) is 9.78 Å². The maximum atomic E-state index is 12.3. The van der Waals surface area contributed by atoms with Crippen molar-refractivity contribution in [3.8, 4) is 11.3 Å². The van der Waals surface area contributed by atoms with Crippen molar-refractivity contribution >= 4 is 23.0 Å². The number of nitrogens with zero attached hydrogens (tertiary/aromatic N) is 4. The molecule has 0 atom stereocenters. The highest BCUT2D eigenvalue weighted by molar-refractivity contribution is 6.30. The second kappa shape index (κ2) is 5.61. The Morgan fingerprint density at radius 1 is 1.38 bits per heavy atom. The Hall–Kier alpha value is -2.27. The molecule has 0 bridgehead atoms. The fourth-order valence-corrected chi connectivity index (χ4v) is 2.40. The number of carbonyl (C=O) groups excluding carboxylic acids is 1. The summed E-state index contributed by atoms with van der Waals surface area (Å²) >= 11 is 6.01. The van der Waals surface area contributed by atoms with Crippen LogP contribution in [0.1, 0.15) is 30.3 Å². The molecule has 3 heterocycles. The van der Waals surface area contributed by atoms with Gasteiger partial charge in [-0.2, -0.15) is 5.10 Å². The number of carbonyl (C=O) groups is 1. The van der Waals surface area contributed by atoms with E-state index in [1.165, 1.54) is 0 Å². The average Bonchev–Trinajstić information content (AvgIpc) is 2.87. The zero-order valence-electron chi connectivity index (χ0n) is 11.5. The van der Waals surface area contributed by atoms with Gasteiger partial charge in [0.25, 0.3) is 0 Å². The van der Waals surface area contributed by atoms with Gasteiger partial charge in [-0.15, -0.1) is 0 Å². The van der Waals surface area contributed by atoms with Gasteiger partial charge in [0.2, 0.25) is 0 Å². The molecule has 0 saturated heterocycles. The standard InChI is InChI=1S/C15H13ClN4O/c1-2-4-12(21)14-15(10-7-11(16)9-17-8-10)20-13(19-14)5-3-6-18-20/h3,5-9H,2,4H2,1H3. The Morgan fingerprint density at radius 3 is 3.00 bits per heavy atom. The molecule has 3 aromatic rings. The van der Waals surface area contributed by atoms with Crippen molar-refractivity contribution in [1.82, 2.24) is 19.6 Å². The summed E-state index contributed by atoms with van der Waals surface area (Å²) in [4.78, 5) is 20.8. The highest BCUT2D eigenvalue weighted by Crippen LogP contribution is 2.27. The molecule has 0 aliphatic rings. The Labute approximate surface area is 126 Å². The lowest BCUT2D eigenvalue weighted by molar-refractivity contribution is 0.0978. The maximum absolute atomic E-state index is 12.3. The van der Waals surface area contributed by atoms with Crippen LogP contribution in [0.5, 0.6) is 0 Å². The molecule has 0 fully saturated rings. The molecular formula is C15H13ClN4O. The minimum atomic E-state index is -0.00187. The van der Waals surface area contributed by atoms with Crippen molar-refractivity contribution in [2.45, 2.75) is 19.8 Å². The summed E-state index contributed by atoms with van der Waals surface area (Å²) in [5.74, 6) is -0.00187. The Bertz CT molecular complexity index is 812. The summed E-state index contributed by atoms with van der Waals surface area (Å²) in [5.41, 5.74) is 2.42. The van der Waals surface area contributed by atoms with E-state index >= 15 is 0 Å². The first-order chi connectivity index (χ1) is 10.2. The van der Waals surface area contributed by atoms with Gasteiger partial charge >= 0.3 is 0 Å². The lowest BCUT2D eigenvalue weighted by atomic mass is 10.1. The van der Waals surface area contributed by atoms with Crippen molar-refractivity contribution in [3.05, 3.63) is 47.5 Å². The van der Waals surface area contributed by atoms with Gasteiger partial charge in [-0.25, -0.2) is 9.50 Å². The summed E-state index contributed by atoms with van der Waals surface area (Å²) < 4.78 is 1.65. The highest BCUT2D eigenvalue weighted by Gasteiger charge is 2.20. The third kappa shape index (κ3) is 2.52. The van der Waals surface area contributed by atoms with Crippen LogP contribution < -0.4 is 0 Å². The normalized spacial score (nSPS) is 11.0. The van der Waals surface area contributed by atoms with Crippen molar-refractivity contribution in [2.24, 2.45) is 0 Å². The first-order valence-corrected chi connectivity index (χ1v) is 7.06. The van der Waals surface area contributed by atoms with Gasteiger partial charge in [0.1, 0.15) is 11.4 Å². The van der Waals surface area contributed by atoms with Crippen LogP contribution in [-0.2, 0) is 0 Å². The number of imidazole rings is 1. The molecule has 6 heteroatoms. The minimum Gasteiger partial charge on any atom is -0.292 e. The number of Topliss-reactive ketones (excluding diaryl/α,β-unsaturated/α-hetero) is 1. The summed E-state index contributed by atoms with van der Waals surface area (Å²) in [6, 6.07) is 5.36. The van der Waals surface area contributed by atoms with Gasteiger partial charge in [-0.1, -0.05) is 18.5 Å². The predicted molar refractivity (Wildman–Crippen MR) is 80.5 cm³/mol. The molecule has 0 N–H and O–H groups in total. The van der Waals surface area contributed by atoms with E-state index < -0.39 is 0 Å². The summed E-state index contributed by atoms with van der Waals surface area (Å²) in [6.45, 7) is 1.96. The SMILES string of the molecule is CCCC(=O)c1nc2cccnn2c1-c1cncc(Cl)c1. The second-order valence-corrected chi connectivity index (χ2v) is 5.10. The molecule has 0 aliphatic heterocycles.